The summed E-state index contributed by atoms with van der Waals surface area (Å²) in [5.74, 6) is 0. The molecule has 114 valence electrons. The molecule has 0 bridgehead atoms. The van der Waals surface area contributed by atoms with Crippen LogP contribution >= 0.6 is 23.1 Å². The Morgan fingerprint density at radius 1 is 1.29 bits per heavy atom. The second-order valence-corrected chi connectivity index (χ2v) is 7.86. The van der Waals surface area contributed by atoms with Crippen LogP contribution < -0.4 is 10.0 Å². The zero-order valence-electron chi connectivity index (χ0n) is 11.9. The number of sulfonamides is 1. The quantitative estimate of drug-likeness (QED) is 0.757. The number of anilines is 1. The van der Waals surface area contributed by atoms with Crippen LogP contribution in [-0.4, -0.2) is 21.2 Å². The summed E-state index contributed by atoms with van der Waals surface area (Å²) < 4.78 is 27.7. The van der Waals surface area contributed by atoms with Crippen molar-refractivity contribution in [1.82, 2.24) is 5.32 Å². The van der Waals surface area contributed by atoms with E-state index in [2.05, 4.69) is 10.0 Å². The van der Waals surface area contributed by atoms with Crippen LogP contribution in [0, 0.1) is 0 Å². The molecule has 0 spiro atoms. The maximum atomic E-state index is 12.5. The third-order valence-corrected chi connectivity index (χ3v) is 6.09. The first kappa shape index (κ1) is 16.4. The Kier molecular flexibility index (Phi) is 5.69. The van der Waals surface area contributed by atoms with Gasteiger partial charge in [0.15, 0.2) is 0 Å². The first-order chi connectivity index (χ1) is 10.1. The van der Waals surface area contributed by atoms with Crippen molar-refractivity contribution in [2.45, 2.75) is 23.3 Å². The van der Waals surface area contributed by atoms with E-state index in [4.69, 9.17) is 0 Å². The van der Waals surface area contributed by atoms with Gasteiger partial charge < -0.3 is 5.32 Å². The maximum Gasteiger partial charge on any atom is 0.263 e. The Morgan fingerprint density at radius 2 is 2.10 bits per heavy atom. The summed E-state index contributed by atoms with van der Waals surface area (Å²) in [6.45, 7) is 3.36. The highest BCUT2D eigenvalue weighted by atomic mass is 32.2. The topological polar surface area (TPSA) is 58.2 Å². The monoisotopic (exact) mass is 342 g/mol. The summed E-state index contributed by atoms with van der Waals surface area (Å²) in [6.07, 6.45) is 1.96. The molecule has 0 unspecified atom stereocenters. The molecular formula is C14H18N2O2S3. The summed E-state index contributed by atoms with van der Waals surface area (Å²) in [5, 5.41) is 4.97. The molecule has 0 atom stereocenters. The van der Waals surface area contributed by atoms with Gasteiger partial charge in [0.25, 0.3) is 10.0 Å². The van der Waals surface area contributed by atoms with Crippen LogP contribution in [0.3, 0.4) is 0 Å². The largest absolute Gasteiger partial charge is 0.312 e. The molecule has 0 aliphatic heterocycles. The molecule has 0 amide bonds. The molecule has 1 heterocycles. The minimum absolute atomic E-state index is 0.350. The second-order valence-electron chi connectivity index (χ2n) is 4.33. The lowest BCUT2D eigenvalue weighted by atomic mass is 10.3. The fourth-order valence-corrected chi connectivity index (χ4v) is 4.76. The molecule has 0 radical (unpaired) electrons. The molecule has 0 saturated heterocycles. The zero-order chi connectivity index (χ0) is 15.3. The smallest absolute Gasteiger partial charge is 0.263 e. The van der Waals surface area contributed by atoms with Crippen LogP contribution in [0.4, 0.5) is 5.69 Å². The third-order valence-electron chi connectivity index (χ3n) is 2.85. The minimum Gasteiger partial charge on any atom is -0.312 e. The van der Waals surface area contributed by atoms with Crippen molar-refractivity contribution < 1.29 is 8.42 Å². The Hall–Kier alpha value is -1.02. The standard InChI is InChI=1S/C14H18N2O2S3/c1-3-15-10-13-14(7-8-20-13)21(17,18)16-11-5-4-6-12(9-11)19-2/h4-9,15-16H,3,10H2,1-2H3. The molecular weight excluding hydrogens is 324 g/mol. The molecule has 2 N–H and O–H groups in total. The van der Waals surface area contributed by atoms with Gasteiger partial charge in [-0.2, -0.15) is 0 Å². The second kappa shape index (κ2) is 7.31. The molecule has 1 aromatic heterocycles. The van der Waals surface area contributed by atoms with E-state index in [-0.39, 0.29) is 0 Å². The molecule has 0 aliphatic rings. The van der Waals surface area contributed by atoms with Gasteiger partial charge in [-0.25, -0.2) is 8.42 Å². The lowest BCUT2D eigenvalue weighted by molar-refractivity contribution is 0.599. The first-order valence-corrected chi connectivity index (χ1v) is 10.1. The van der Waals surface area contributed by atoms with Gasteiger partial charge in [-0.1, -0.05) is 13.0 Å². The minimum atomic E-state index is -3.54. The highest BCUT2D eigenvalue weighted by molar-refractivity contribution is 7.98. The van der Waals surface area contributed by atoms with Crippen molar-refractivity contribution in [2.24, 2.45) is 0 Å². The molecule has 0 aliphatic carbocycles. The number of rotatable bonds is 7. The van der Waals surface area contributed by atoms with E-state index in [1.165, 1.54) is 11.3 Å². The molecule has 0 fully saturated rings. The van der Waals surface area contributed by atoms with E-state index in [0.29, 0.717) is 17.1 Å². The van der Waals surface area contributed by atoms with Gasteiger partial charge in [-0.15, -0.1) is 23.1 Å². The van der Waals surface area contributed by atoms with E-state index in [9.17, 15) is 8.42 Å². The van der Waals surface area contributed by atoms with Crippen LogP contribution in [0.25, 0.3) is 0 Å². The van der Waals surface area contributed by atoms with E-state index < -0.39 is 10.0 Å². The average molecular weight is 343 g/mol. The molecule has 21 heavy (non-hydrogen) atoms. The summed E-state index contributed by atoms with van der Waals surface area (Å²) in [5.41, 5.74) is 0.586. The Balaban J connectivity index is 2.23. The predicted molar refractivity (Wildman–Crippen MR) is 90.7 cm³/mol. The van der Waals surface area contributed by atoms with Crippen LogP contribution in [0.15, 0.2) is 45.5 Å². The van der Waals surface area contributed by atoms with Crippen LogP contribution in [-0.2, 0) is 16.6 Å². The van der Waals surface area contributed by atoms with Gasteiger partial charge in [-0.05, 0) is 42.4 Å². The number of thiophene rings is 1. The molecule has 7 heteroatoms. The Morgan fingerprint density at radius 3 is 2.81 bits per heavy atom. The van der Waals surface area contributed by atoms with Crippen molar-refractivity contribution >= 4 is 38.8 Å². The SMILES string of the molecule is CCNCc1sccc1S(=O)(=O)Nc1cccc(SC)c1. The normalized spacial score (nSPS) is 11.5. The Bertz CT molecular complexity index is 696. The molecule has 1 aromatic carbocycles. The van der Waals surface area contributed by atoms with Crippen molar-refractivity contribution in [3.8, 4) is 0 Å². The summed E-state index contributed by atoms with van der Waals surface area (Å²) in [4.78, 5) is 2.20. The number of hydrogen-bond acceptors (Lipinski definition) is 5. The number of nitrogens with one attached hydrogen (secondary N) is 2. The van der Waals surface area contributed by atoms with Gasteiger partial charge >= 0.3 is 0 Å². The van der Waals surface area contributed by atoms with Crippen molar-refractivity contribution in [1.29, 1.82) is 0 Å². The molecule has 4 nitrogen and oxygen atoms in total. The highest BCUT2D eigenvalue weighted by Gasteiger charge is 2.19. The number of thioether (sulfide) groups is 1. The summed E-state index contributed by atoms with van der Waals surface area (Å²) >= 11 is 3.03. The van der Waals surface area contributed by atoms with Gasteiger partial charge in [-0.3, -0.25) is 4.72 Å². The van der Waals surface area contributed by atoms with Crippen LogP contribution in [0.5, 0.6) is 0 Å². The first-order valence-electron chi connectivity index (χ1n) is 6.50. The number of benzene rings is 1. The maximum absolute atomic E-state index is 12.5. The van der Waals surface area contributed by atoms with Gasteiger partial charge in [0.05, 0.1) is 0 Å². The summed E-state index contributed by atoms with van der Waals surface area (Å²) in [6, 6.07) is 9.03. The van der Waals surface area contributed by atoms with Gasteiger partial charge in [0, 0.05) is 22.0 Å². The van der Waals surface area contributed by atoms with E-state index >= 15 is 0 Å². The van der Waals surface area contributed by atoms with Gasteiger partial charge in [0.1, 0.15) is 4.90 Å². The molecule has 0 saturated carbocycles. The van der Waals surface area contributed by atoms with E-state index in [0.717, 1.165) is 16.3 Å². The third kappa shape index (κ3) is 4.23. The van der Waals surface area contributed by atoms with E-state index in [1.54, 1.807) is 29.3 Å². The lowest BCUT2D eigenvalue weighted by Crippen LogP contribution is -2.17. The molecule has 2 rings (SSSR count). The zero-order valence-corrected chi connectivity index (χ0v) is 14.4. The summed E-state index contributed by atoms with van der Waals surface area (Å²) in [7, 11) is -3.54. The predicted octanol–water partition coefficient (Wildman–Crippen LogP) is 3.38. The average Bonchev–Trinajstić information content (AvgIpc) is 2.94. The lowest BCUT2D eigenvalue weighted by Gasteiger charge is -2.10. The van der Waals surface area contributed by atoms with Crippen molar-refractivity contribution in [3.63, 3.8) is 0 Å². The fourth-order valence-electron chi connectivity index (χ4n) is 1.83. The van der Waals surface area contributed by atoms with Crippen LogP contribution in [0.1, 0.15) is 11.8 Å². The fraction of sp³-hybridized carbons (Fsp3) is 0.286. The molecule has 2 aromatic rings. The van der Waals surface area contributed by atoms with Crippen molar-refractivity contribution in [3.05, 3.63) is 40.6 Å². The van der Waals surface area contributed by atoms with Crippen LogP contribution in [0.2, 0.25) is 0 Å². The van der Waals surface area contributed by atoms with Gasteiger partial charge in [0.2, 0.25) is 0 Å². The number of hydrogen-bond donors (Lipinski definition) is 2. The highest BCUT2D eigenvalue weighted by Crippen LogP contribution is 2.26. The van der Waals surface area contributed by atoms with E-state index in [1.807, 2.05) is 31.4 Å². The Labute approximate surface area is 134 Å². The van der Waals surface area contributed by atoms with Crippen molar-refractivity contribution in [2.75, 3.05) is 17.5 Å².